The van der Waals surface area contributed by atoms with Crippen LogP contribution >= 0.6 is 23.2 Å². The second kappa shape index (κ2) is 14.7. The molecule has 0 radical (unpaired) electrons. The normalized spacial score (nSPS) is 20.3. The van der Waals surface area contributed by atoms with Gasteiger partial charge >= 0.3 is 0 Å². The topological polar surface area (TPSA) is 109 Å². The molecule has 2 saturated heterocycles. The molecule has 8 rings (SSSR count). The number of nitrogens with zero attached hydrogens (tertiary/aromatic N) is 4. The van der Waals surface area contributed by atoms with Gasteiger partial charge in [0.15, 0.2) is 0 Å². The van der Waals surface area contributed by atoms with Gasteiger partial charge in [-0.3, -0.25) is 29.4 Å². The first-order valence-electron chi connectivity index (χ1n) is 18.0. The lowest BCUT2D eigenvalue weighted by Gasteiger charge is -2.32. The number of hydrogen-bond donors (Lipinski definition) is 2. The zero-order valence-corrected chi connectivity index (χ0v) is 30.9. The van der Waals surface area contributed by atoms with Crippen LogP contribution in [0, 0.1) is 0 Å². The third kappa shape index (κ3) is 6.85. The molecule has 270 valence electrons. The van der Waals surface area contributed by atoms with Crippen molar-refractivity contribution in [2.75, 3.05) is 40.4 Å². The second-order valence-corrected chi connectivity index (χ2v) is 15.0. The zero-order valence-electron chi connectivity index (χ0n) is 29.4. The van der Waals surface area contributed by atoms with Crippen molar-refractivity contribution >= 4 is 35.0 Å². The molecule has 0 spiro atoms. The number of pyridine rings is 2. The lowest BCUT2D eigenvalue weighted by molar-refractivity contribution is -0.120. The molecule has 2 N–H and O–H groups in total. The highest BCUT2D eigenvalue weighted by Crippen LogP contribution is 2.44. The standard InChI is InChI=1S/C40H42Cl2N6O4/c1-51-33-17-25(15-23-9-13-47(21-31(23)33)19-27-3-5-35(49)45-27)39-37(41)29(7-11-43-39)30-8-12-44-40(38(30)42)26-16-24-10-14-48(20-28-4-6-36(50)46-28)22-32(24)34(18-26)52-2/h7-8,11-12,15-18,27-28H,3-6,9-10,13-14,19-22H2,1-2H3,(H,45,49)(H,46,50)/t27-,28+. The van der Waals surface area contributed by atoms with Gasteiger partial charge in [0.2, 0.25) is 11.8 Å². The molecule has 0 unspecified atom stereocenters. The van der Waals surface area contributed by atoms with E-state index in [0.29, 0.717) is 34.3 Å². The third-order valence-electron chi connectivity index (χ3n) is 10.9. The molecule has 2 aromatic carbocycles. The summed E-state index contributed by atoms with van der Waals surface area (Å²) in [5, 5.41) is 7.18. The van der Waals surface area contributed by atoms with Crippen LogP contribution in [0.2, 0.25) is 10.0 Å². The number of ether oxygens (including phenoxy) is 2. The van der Waals surface area contributed by atoms with Gasteiger partial charge in [0.1, 0.15) is 11.5 Å². The summed E-state index contributed by atoms with van der Waals surface area (Å²) in [6, 6.07) is 12.6. The van der Waals surface area contributed by atoms with Crippen LogP contribution in [0.5, 0.6) is 11.5 Å². The van der Waals surface area contributed by atoms with Crippen LogP contribution in [0.1, 0.15) is 47.9 Å². The Morgan fingerprint density at radius 3 is 1.52 bits per heavy atom. The monoisotopic (exact) mass is 740 g/mol. The van der Waals surface area contributed by atoms with Crippen molar-refractivity contribution in [1.82, 2.24) is 30.4 Å². The lowest BCUT2D eigenvalue weighted by atomic mass is 9.93. The van der Waals surface area contributed by atoms with E-state index in [1.54, 1.807) is 26.6 Å². The average Bonchev–Trinajstić information content (AvgIpc) is 3.77. The number of nitrogens with one attached hydrogen (secondary N) is 2. The lowest BCUT2D eigenvalue weighted by Crippen LogP contribution is -2.41. The largest absolute Gasteiger partial charge is 0.496 e. The summed E-state index contributed by atoms with van der Waals surface area (Å²) in [7, 11) is 3.39. The van der Waals surface area contributed by atoms with Gasteiger partial charge in [0.05, 0.1) is 35.7 Å². The summed E-state index contributed by atoms with van der Waals surface area (Å²) >= 11 is 14.4. The highest BCUT2D eigenvalue weighted by atomic mass is 35.5. The van der Waals surface area contributed by atoms with E-state index >= 15 is 0 Å². The van der Waals surface area contributed by atoms with Crippen molar-refractivity contribution in [2.45, 2.75) is 63.7 Å². The van der Waals surface area contributed by atoms with Crippen molar-refractivity contribution in [3.8, 4) is 45.1 Å². The molecule has 12 heteroatoms. The maximum absolute atomic E-state index is 11.7. The quantitative estimate of drug-likeness (QED) is 0.213. The Morgan fingerprint density at radius 2 is 1.13 bits per heavy atom. The smallest absolute Gasteiger partial charge is 0.220 e. The molecule has 4 aliphatic heterocycles. The zero-order chi connectivity index (χ0) is 35.9. The van der Waals surface area contributed by atoms with E-state index in [-0.39, 0.29) is 23.9 Å². The van der Waals surface area contributed by atoms with Crippen molar-refractivity contribution in [3.05, 3.63) is 81.1 Å². The molecule has 0 aliphatic carbocycles. The number of amides is 2. The predicted molar refractivity (Wildman–Crippen MR) is 202 cm³/mol. The number of fused-ring (bicyclic) bond motifs is 2. The fourth-order valence-electron chi connectivity index (χ4n) is 8.28. The Hall–Kier alpha value is -4.22. The van der Waals surface area contributed by atoms with Gasteiger partial charge in [0, 0.05) is 110 Å². The minimum atomic E-state index is 0.139. The molecule has 2 fully saturated rings. The van der Waals surface area contributed by atoms with E-state index in [4.69, 9.17) is 42.6 Å². The van der Waals surface area contributed by atoms with Gasteiger partial charge in [-0.15, -0.1) is 0 Å². The van der Waals surface area contributed by atoms with E-state index in [9.17, 15) is 9.59 Å². The average molecular weight is 742 g/mol. The number of carbonyl (C=O) groups is 2. The van der Waals surface area contributed by atoms with Gasteiger partial charge in [-0.25, -0.2) is 0 Å². The number of carbonyl (C=O) groups excluding carboxylic acids is 2. The molecule has 0 bridgehead atoms. The molecule has 2 atom stereocenters. The summed E-state index contributed by atoms with van der Waals surface area (Å²) in [5.41, 5.74) is 9.35. The van der Waals surface area contributed by atoms with Gasteiger partial charge in [0.25, 0.3) is 0 Å². The van der Waals surface area contributed by atoms with Crippen LogP contribution in [0.15, 0.2) is 48.8 Å². The van der Waals surface area contributed by atoms with Gasteiger partial charge in [-0.2, -0.15) is 0 Å². The number of hydrogen-bond acceptors (Lipinski definition) is 8. The summed E-state index contributed by atoms with van der Waals surface area (Å²) in [4.78, 5) is 37.7. The van der Waals surface area contributed by atoms with Crippen LogP contribution in [0.3, 0.4) is 0 Å². The highest BCUT2D eigenvalue weighted by molar-refractivity contribution is 6.39. The van der Waals surface area contributed by atoms with Crippen molar-refractivity contribution in [2.24, 2.45) is 0 Å². The fraction of sp³-hybridized carbons (Fsp3) is 0.400. The van der Waals surface area contributed by atoms with Crippen LogP contribution < -0.4 is 20.1 Å². The SMILES string of the molecule is COc1cc(-c2nccc(-c3ccnc(-c4cc5c(c(OC)c4)CN(C[C@@H]4CCC(=O)N4)CC5)c3Cl)c2Cl)cc2c1CN(C[C@H]1CCC(=O)N1)CC2. The minimum absolute atomic E-state index is 0.139. The first-order valence-corrected chi connectivity index (χ1v) is 18.8. The summed E-state index contributed by atoms with van der Waals surface area (Å²) in [6.07, 6.45) is 8.22. The van der Waals surface area contributed by atoms with Gasteiger partial charge in [-0.05, 0) is 73.2 Å². The number of halogens is 2. The molecule has 2 aromatic heterocycles. The number of benzene rings is 2. The summed E-state index contributed by atoms with van der Waals surface area (Å²) in [6.45, 7) is 4.98. The van der Waals surface area contributed by atoms with E-state index in [1.165, 1.54) is 11.1 Å². The Balaban J connectivity index is 1.06. The van der Waals surface area contributed by atoms with Crippen LogP contribution in [0.25, 0.3) is 33.6 Å². The Kier molecular flexibility index (Phi) is 9.82. The van der Waals surface area contributed by atoms with E-state index in [2.05, 4.69) is 32.6 Å². The van der Waals surface area contributed by atoms with E-state index in [0.717, 1.165) is 110 Å². The van der Waals surface area contributed by atoms with Gasteiger partial charge in [-0.1, -0.05) is 23.2 Å². The molecular formula is C40H42Cl2N6O4. The minimum Gasteiger partial charge on any atom is -0.496 e. The first kappa shape index (κ1) is 34.8. The van der Waals surface area contributed by atoms with Crippen molar-refractivity contribution < 1.29 is 19.1 Å². The maximum Gasteiger partial charge on any atom is 0.220 e. The summed E-state index contributed by atoms with van der Waals surface area (Å²) < 4.78 is 11.8. The highest BCUT2D eigenvalue weighted by Gasteiger charge is 2.29. The fourth-order valence-corrected chi connectivity index (χ4v) is 8.93. The Morgan fingerprint density at radius 1 is 0.692 bits per heavy atom. The molecule has 52 heavy (non-hydrogen) atoms. The molecule has 6 heterocycles. The van der Waals surface area contributed by atoms with Crippen LogP contribution in [-0.4, -0.2) is 84.1 Å². The number of rotatable bonds is 9. The van der Waals surface area contributed by atoms with Crippen molar-refractivity contribution in [1.29, 1.82) is 0 Å². The Labute approximate surface area is 313 Å². The predicted octanol–water partition coefficient (Wildman–Crippen LogP) is 6.08. The van der Waals surface area contributed by atoms with E-state index in [1.807, 2.05) is 24.3 Å². The van der Waals surface area contributed by atoms with E-state index < -0.39 is 0 Å². The third-order valence-corrected chi connectivity index (χ3v) is 11.7. The number of methoxy groups -OCH3 is 2. The second-order valence-electron chi connectivity index (χ2n) is 14.3. The summed E-state index contributed by atoms with van der Waals surface area (Å²) in [5.74, 6) is 1.88. The van der Waals surface area contributed by atoms with Crippen molar-refractivity contribution in [3.63, 3.8) is 0 Å². The van der Waals surface area contributed by atoms with Crippen LogP contribution in [0.4, 0.5) is 0 Å². The molecule has 4 aliphatic rings. The first-order chi connectivity index (χ1) is 25.3. The molecule has 10 nitrogen and oxygen atoms in total. The van der Waals surface area contributed by atoms with Crippen LogP contribution in [-0.2, 0) is 35.5 Å². The molecule has 2 amide bonds. The maximum atomic E-state index is 11.7. The molecule has 4 aromatic rings. The Bertz CT molecular complexity index is 1880. The molecule has 0 saturated carbocycles. The number of aromatic nitrogens is 2. The molecular weight excluding hydrogens is 699 g/mol. The van der Waals surface area contributed by atoms with Gasteiger partial charge < -0.3 is 20.1 Å².